The van der Waals surface area contributed by atoms with Crippen LogP contribution >= 0.6 is 0 Å². The number of nitrogens with zero attached hydrogens (tertiary/aromatic N) is 1. The van der Waals surface area contributed by atoms with E-state index in [9.17, 15) is 0 Å². The number of para-hydroxylation sites is 1. The zero-order valence-electron chi connectivity index (χ0n) is 15.9. The highest BCUT2D eigenvalue weighted by Crippen LogP contribution is 2.45. The summed E-state index contributed by atoms with van der Waals surface area (Å²) in [5.41, 5.74) is 7.76. The lowest BCUT2D eigenvalue weighted by molar-refractivity contribution is 0.642. The van der Waals surface area contributed by atoms with E-state index in [4.69, 9.17) is 0 Å². The van der Waals surface area contributed by atoms with Crippen LogP contribution in [0.5, 0.6) is 0 Å². The van der Waals surface area contributed by atoms with Crippen molar-refractivity contribution >= 4 is 16.9 Å². The van der Waals surface area contributed by atoms with Crippen molar-refractivity contribution in [2.45, 2.75) is 39.2 Å². The first kappa shape index (κ1) is 16.9. The fourth-order valence-electron chi connectivity index (χ4n) is 4.32. The average molecular weight is 341 g/mol. The topological polar surface area (TPSA) is 3.24 Å². The predicted molar refractivity (Wildman–Crippen MR) is 113 cm³/mol. The van der Waals surface area contributed by atoms with Gasteiger partial charge in [0.1, 0.15) is 0 Å². The van der Waals surface area contributed by atoms with Crippen molar-refractivity contribution in [3.05, 3.63) is 90.0 Å². The second kappa shape index (κ2) is 6.64. The second-order valence-corrected chi connectivity index (χ2v) is 7.67. The van der Waals surface area contributed by atoms with Crippen molar-refractivity contribution in [2.75, 3.05) is 4.90 Å². The van der Waals surface area contributed by atoms with E-state index in [1.165, 1.54) is 28.1 Å². The van der Waals surface area contributed by atoms with Crippen molar-refractivity contribution in [3.63, 3.8) is 0 Å². The van der Waals surface area contributed by atoms with E-state index < -0.39 is 0 Å². The SMILES string of the molecule is C=C(C1=CC=CCC1C)c1cccc(N2c3ccccc3C(C)C2C)c1. The van der Waals surface area contributed by atoms with Gasteiger partial charge in [-0.1, -0.05) is 69.0 Å². The van der Waals surface area contributed by atoms with Crippen LogP contribution < -0.4 is 4.90 Å². The zero-order valence-corrected chi connectivity index (χ0v) is 15.9. The van der Waals surface area contributed by atoms with E-state index in [2.05, 4.69) is 99.0 Å². The highest BCUT2D eigenvalue weighted by Gasteiger charge is 2.33. The highest BCUT2D eigenvalue weighted by atomic mass is 15.2. The van der Waals surface area contributed by atoms with Crippen LogP contribution in [0.25, 0.3) is 5.57 Å². The summed E-state index contributed by atoms with van der Waals surface area (Å²) >= 11 is 0. The molecule has 0 aromatic heterocycles. The predicted octanol–water partition coefficient (Wildman–Crippen LogP) is 6.87. The highest BCUT2D eigenvalue weighted by molar-refractivity contribution is 5.82. The van der Waals surface area contributed by atoms with Crippen LogP contribution in [-0.2, 0) is 0 Å². The summed E-state index contributed by atoms with van der Waals surface area (Å²) in [4.78, 5) is 2.48. The molecule has 0 saturated carbocycles. The maximum Gasteiger partial charge on any atom is 0.0449 e. The maximum absolute atomic E-state index is 4.42. The third-order valence-electron chi connectivity index (χ3n) is 6.07. The third kappa shape index (κ3) is 2.72. The van der Waals surface area contributed by atoms with E-state index in [0.29, 0.717) is 17.9 Å². The van der Waals surface area contributed by atoms with Crippen molar-refractivity contribution in [1.29, 1.82) is 0 Å². The molecule has 3 atom stereocenters. The summed E-state index contributed by atoms with van der Waals surface area (Å²) in [6, 6.07) is 18.1. The number of hydrogen-bond donors (Lipinski definition) is 0. The van der Waals surface area contributed by atoms with E-state index in [1.54, 1.807) is 0 Å². The fraction of sp³-hybridized carbons (Fsp3) is 0.280. The summed E-state index contributed by atoms with van der Waals surface area (Å²) in [5.74, 6) is 1.06. The Bertz CT molecular complexity index is 902. The van der Waals surface area contributed by atoms with E-state index in [1.807, 2.05) is 0 Å². The number of fused-ring (bicyclic) bond motifs is 1. The largest absolute Gasteiger partial charge is 0.338 e. The molecule has 2 aliphatic rings. The van der Waals surface area contributed by atoms with Gasteiger partial charge in [0.2, 0.25) is 0 Å². The number of anilines is 2. The Morgan fingerprint density at radius 3 is 2.65 bits per heavy atom. The first-order chi connectivity index (χ1) is 12.6. The molecule has 0 spiro atoms. The van der Waals surface area contributed by atoms with E-state index >= 15 is 0 Å². The molecule has 0 bridgehead atoms. The standard InChI is InChI=1S/C25H27N/c1-17-10-5-6-13-23(17)19(3)21-11-9-12-22(16-21)26-20(4)18(2)24-14-7-8-15-25(24)26/h5-9,11-18,20H,3,10H2,1-2,4H3. The lowest BCUT2D eigenvalue weighted by Gasteiger charge is -2.27. The Labute approximate surface area is 157 Å². The Kier molecular flexibility index (Phi) is 4.32. The number of allylic oxidation sites excluding steroid dienone is 5. The lowest BCUT2D eigenvalue weighted by Crippen LogP contribution is -2.25. The molecule has 132 valence electrons. The van der Waals surface area contributed by atoms with Crippen LogP contribution in [0, 0.1) is 5.92 Å². The van der Waals surface area contributed by atoms with Crippen molar-refractivity contribution in [2.24, 2.45) is 5.92 Å². The number of benzene rings is 2. The molecule has 0 N–H and O–H groups in total. The quantitative estimate of drug-likeness (QED) is 0.589. The summed E-state index contributed by atoms with van der Waals surface area (Å²) in [6.45, 7) is 11.4. The first-order valence-corrected chi connectivity index (χ1v) is 9.62. The molecule has 1 nitrogen and oxygen atoms in total. The Balaban J connectivity index is 1.72. The van der Waals surface area contributed by atoms with Crippen LogP contribution in [0.1, 0.15) is 44.2 Å². The molecule has 1 heterocycles. The van der Waals surface area contributed by atoms with E-state index in [0.717, 1.165) is 12.0 Å². The number of hydrogen-bond acceptors (Lipinski definition) is 1. The molecular formula is C25H27N. The molecule has 1 aliphatic heterocycles. The minimum Gasteiger partial charge on any atom is -0.338 e. The molecule has 0 saturated heterocycles. The number of rotatable bonds is 3. The van der Waals surface area contributed by atoms with Crippen LogP contribution in [0.15, 0.2) is 78.9 Å². The fourth-order valence-corrected chi connectivity index (χ4v) is 4.32. The summed E-state index contributed by atoms with van der Waals surface area (Å²) in [7, 11) is 0. The van der Waals surface area contributed by atoms with Gasteiger partial charge in [-0.3, -0.25) is 0 Å². The van der Waals surface area contributed by atoms with Gasteiger partial charge in [0, 0.05) is 23.3 Å². The van der Waals surface area contributed by atoms with E-state index in [-0.39, 0.29) is 0 Å². The van der Waals surface area contributed by atoms with Gasteiger partial charge in [0.15, 0.2) is 0 Å². The minimum absolute atomic E-state index is 0.451. The molecule has 4 rings (SSSR count). The third-order valence-corrected chi connectivity index (χ3v) is 6.07. The Morgan fingerprint density at radius 1 is 1.04 bits per heavy atom. The maximum atomic E-state index is 4.42. The Morgan fingerprint density at radius 2 is 1.85 bits per heavy atom. The van der Waals surface area contributed by atoms with Crippen LogP contribution in [-0.4, -0.2) is 6.04 Å². The molecule has 0 amide bonds. The van der Waals surface area contributed by atoms with Gasteiger partial charge in [-0.15, -0.1) is 0 Å². The van der Waals surface area contributed by atoms with Gasteiger partial charge in [-0.2, -0.15) is 0 Å². The monoisotopic (exact) mass is 341 g/mol. The van der Waals surface area contributed by atoms with Gasteiger partial charge in [0.25, 0.3) is 0 Å². The molecule has 0 fully saturated rings. The van der Waals surface area contributed by atoms with Crippen LogP contribution in [0.3, 0.4) is 0 Å². The van der Waals surface area contributed by atoms with Crippen molar-refractivity contribution in [1.82, 2.24) is 0 Å². The molecule has 26 heavy (non-hydrogen) atoms. The lowest BCUT2D eigenvalue weighted by atomic mass is 9.85. The molecule has 0 radical (unpaired) electrons. The van der Waals surface area contributed by atoms with Gasteiger partial charge in [0.05, 0.1) is 0 Å². The van der Waals surface area contributed by atoms with Crippen LogP contribution in [0.4, 0.5) is 11.4 Å². The molecule has 1 aliphatic carbocycles. The zero-order chi connectivity index (χ0) is 18.3. The normalized spacial score (nSPS) is 24.3. The molecule has 3 unspecified atom stereocenters. The van der Waals surface area contributed by atoms with Gasteiger partial charge in [-0.05, 0) is 59.7 Å². The molecule has 1 heteroatoms. The Hall–Kier alpha value is -2.54. The summed E-state index contributed by atoms with van der Waals surface area (Å²) in [5, 5.41) is 0. The summed E-state index contributed by atoms with van der Waals surface area (Å²) in [6.07, 6.45) is 7.71. The average Bonchev–Trinajstić information content (AvgIpc) is 2.93. The second-order valence-electron chi connectivity index (χ2n) is 7.67. The van der Waals surface area contributed by atoms with Crippen molar-refractivity contribution < 1.29 is 0 Å². The molecule has 2 aromatic rings. The van der Waals surface area contributed by atoms with Gasteiger partial charge >= 0.3 is 0 Å². The first-order valence-electron chi connectivity index (χ1n) is 9.62. The van der Waals surface area contributed by atoms with Crippen LogP contribution in [0.2, 0.25) is 0 Å². The minimum atomic E-state index is 0.451. The molecule has 2 aromatic carbocycles. The summed E-state index contributed by atoms with van der Waals surface area (Å²) < 4.78 is 0. The smallest absolute Gasteiger partial charge is 0.0449 e. The van der Waals surface area contributed by atoms with Crippen molar-refractivity contribution in [3.8, 4) is 0 Å². The van der Waals surface area contributed by atoms with Gasteiger partial charge < -0.3 is 4.90 Å². The van der Waals surface area contributed by atoms with Gasteiger partial charge in [-0.25, -0.2) is 0 Å². The molecular weight excluding hydrogens is 314 g/mol.